The molecular weight excluding hydrogens is 1520 g/mol. The number of H-pyrrole nitrogens is 2. The molecule has 0 radical (unpaired) electrons. The highest BCUT2D eigenvalue weighted by Crippen LogP contribution is 2.46. The fourth-order valence-electron chi connectivity index (χ4n) is 10.1. The minimum absolute atomic E-state index is 0.446. The van der Waals surface area contributed by atoms with Gasteiger partial charge in [-0.1, -0.05) is 225 Å². The summed E-state index contributed by atoms with van der Waals surface area (Å²) < 4.78 is 7.48. The van der Waals surface area contributed by atoms with Gasteiger partial charge < -0.3 is 9.97 Å². The van der Waals surface area contributed by atoms with E-state index in [-0.39, 0.29) is 0 Å². The molecule has 2 N–H and O–H groups in total. The molecule has 0 atom stereocenters. The predicted octanol–water partition coefficient (Wildman–Crippen LogP) is 20.7. The third kappa shape index (κ3) is 10.5. The van der Waals surface area contributed by atoms with E-state index in [9.17, 15) is 0 Å². The summed E-state index contributed by atoms with van der Waals surface area (Å²) in [6.07, 6.45) is 0. The van der Waals surface area contributed by atoms with Crippen molar-refractivity contribution in [2.75, 3.05) is 0 Å². The summed E-state index contributed by atoms with van der Waals surface area (Å²) in [5.41, 5.74) is 15.7. The Kier molecular flexibility index (Phi) is 14.9. The second-order valence-corrected chi connectivity index (χ2v) is 26.0. The Balaban J connectivity index is 1.29. The minimum atomic E-state index is 0.446. The monoisotopic (exact) mass is 1550 g/mol. The van der Waals surface area contributed by atoms with Crippen molar-refractivity contribution >= 4 is 172 Å². The lowest BCUT2D eigenvalue weighted by atomic mass is 9.95. The summed E-state index contributed by atoms with van der Waals surface area (Å²) in [5.74, 6) is 1.78. The van der Waals surface area contributed by atoms with Gasteiger partial charge in [-0.05, 0) is 142 Å². The molecule has 0 unspecified atom stereocenters. The van der Waals surface area contributed by atoms with Gasteiger partial charge in [0.2, 0.25) is 0 Å². The molecule has 16 heteroatoms. The SMILES string of the molecule is Brc1ccc(C2=C(c3ccc(Br)cc3)c3nc2nc2[nH]c(nc4nc(nc5[nH]c(n3)c(-c3ccc(Br)cc3)c5-c3ccc(Br)cc3)C(c3ccc(Br)cc3)=C4c3ccc(Br)cc3)c(-c3ccc(Br)cc3)c2-c2ccc(Br)cc2)cc1. The van der Waals surface area contributed by atoms with Gasteiger partial charge in [0.1, 0.15) is 22.6 Å². The lowest BCUT2D eigenvalue weighted by Gasteiger charge is -2.10. The van der Waals surface area contributed by atoms with Gasteiger partial charge in [0, 0.05) is 80.3 Å². The van der Waals surface area contributed by atoms with Gasteiger partial charge in [0.25, 0.3) is 0 Å². The third-order valence-electron chi connectivity index (χ3n) is 13.7. The highest BCUT2D eigenvalue weighted by molar-refractivity contribution is 9.11. The Hall–Kier alpha value is -6.08. The number of nitrogens with zero attached hydrogens (tertiary/aromatic N) is 6. The molecule has 13 rings (SSSR count). The highest BCUT2D eigenvalue weighted by Gasteiger charge is 2.31. The Labute approximate surface area is 526 Å². The first-order valence-electron chi connectivity index (χ1n) is 24.8. The molecule has 8 nitrogen and oxygen atoms in total. The number of hydrogen-bond donors (Lipinski definition) is 2. The molecule has 80 heavy (non-hydrogen) atoms. The molecule has 0 saturated heterocycles. The summed E-state index contributed by atoms with van der Waals surface area (Å²) in [5, 5.41) is 0. The molecule has 386 valence electrons. The van der Waals surface area contributed by atoms with Crippen molar-refractivity contribution < 1.29 is 0 Å². The van der Waals surface area contributed by atoms with Gasteiger partial charge in [-0.15, -0.1) is 0 Å². The van der Waals surface area contributed by atoms with Gasteiger partial charge >= 0.3 is 0 Å². The molecular formula is C64H34Br8N8. The van der Waals surface area contributed by atoms with Crippen LogP contribution in [0.5, 0.6) is 0 Å². The zero-order valence-corrected chi connectivity index (χ0v) is 53.9. The van der Waals surface area contributed by atoms with Gasteiger partial charge in [-0.25, -0.2) is 29.9 Å². The molecule has 0 fully saturated rings. The molecule has 2 aliphatic heterocycles. The summed E-state index contributed by atoms with van der Waals surface area (Å²) in [7, 11) is 0. The number of benzene rings is 8. The van der Waals surface area contributed by atoms with E-state index in [1.807, 2.05) is 97.1 Å². The van der Waals surface area contributed by atoms with Crippen LogP contribution in [-0.2, 0) is 0 Å². The Morgan fingerprint density at radius 2 is 0.338 bits per heavy atom. The van der Waals surface area contributed by atoms with Crippen molar-refractivity contribution in [3.8, 4) is 44.5 Å². The van der Waals surface area contributed by atoms with Crippen LogP contribution < -0.4 is 0 Å². The zero-order chi connectivity index (χ0) is 54.8. The van der Waals surface area contributed by atoms with Gasteiger partial charge in [-0.2, -0.15) is 0 Å². The van der Waals surface area contributed by atoms with E-state index in [4.69, 9.17) is 29.9 Å². The second-order valence-electron chi connectivity index (χ2n) is 18.7. The molecule has 11 aromatic rings. The highest BCUT2D eigenvalue weighted by atomic mass is 79.9. The fraction of sp³-hybridized carbons (Fsp3) is 0. The Morgan fingerprint density at radius 3 is 0.500 bits per heavy atom. The van der Waals surface area contributed by atoms with E-state index >= 15 is 0 Å². The lowest BCUT2D eigenvalue weighted by molar-refractivity contribution is 1.10. The van der Waals surface area contributed by atoms with Crippen LogP contribution in [0.4, 0.5) is 0 Å². The second kappa shape index (κ2) is 22.3. The average molecular weight is 1550 g/mol. The third-order valence-corrected chi connectivity index (χ3v) is 17.9. The fourth-order valence-corrected chi connectivity index (χ4v) is 12.2. The molecule has 0 aliphatic carbocycles. The maximum absolute atomic E-state index is 5.71. The van der Waals surface area contributed by atoms with Gasteiger partial charge in [-0.3, -0.25) is 0 Å². The van der Waals surface area contributed by atoms with Crippen LogP contribution in [-0.4, -0.2) is 39.9 Å². The standard InChI is InChI=1S/C64H34Br8N8/c65-41-17-1-33(2-18-41)49-50(34-3-19-42(66)20-4-34)58-73-57(49)77-59-51(35-5-21-43(67)22-6-35)52(36-7-23-44(68)24-8-36)61(74-59)79-63-55(39-13-29-47(71)30-14-39)56(40-15-31-48(72)32-16-40)64(76-63)80-62-54(38-11-27-46(70)28-12-38)53(60(75-62)78-58)37-9-25-45(69)26-10-37/h1-32H,(H2,73,74,75,76,77,78,79,80). The van der Waals surface area contributed by atoms with E-state index in [0.717, 1.165) is 125 Å². The van der Waals surface area contributed by atoms with Gasteiger partial charge in [0.05, 0.1) is 0 Å². The first-order valence-corrected chi connectivity index (χ1v) is 31.1. The number of halogens is 8. The van der Waals surface area contributed by atoms with E-state index in [0.29, 0.717) is 45.9 Å². The number of aromatic nitrogens is 8. The molecule has 0 spiro atoms. The van der Waals surface area contributed by atoms with E-state index in [1.54, 1.807) is 0 Å². The smallest absolute Gasteiger partial charge is 0.165 e. The van der Waals surface area contributed by atoms with E-state index in [2.05, 4.69) is 234 Å². The summed E-state index contributed by atoms with van der Waals surface area (Å²) in [6, 6.07) is 66.1. The van der Waals surface area contributed by atoms with Crippen molar-refractivity contribution in [2.45, 2.75) is 0 Å². The quantitative estimate of drug-likeness (QED) is 0.157. The van der Waals surface area contributed by atoms with Crippen LogP contribution >= 0.6 is 127 Å². The molecule has 2 aliphatic rings. The van der Waals surface area contributed by atoms with Crippen molar-refractivity contribution in [3.05, 3.63) is 275 Å². The van der Waals surface area contributed by atoms with E-state index < -0.39 is 0 Å². The van der Waals surface area contributed by atoms with Crippen molar-refractivity contribution in [2.24, 2.45) is 0 Å². The van der Waals surface area contributed by atoms with Crippen molar-refractivity contribution in [3.63, 3.8) is 0 Å². The topological polar surface area (TPSA) is 109 Å². The molecule has 3 aromatic heterocycles. The zero-order valence-electron chi connectivity index (χ0n) is 41.2. The normalized spacial score (nSPS) is 12.4. The Morgan fingerprint density at radius 1 is 0.188 bits per heavy atom. The summed E-state index contributed by atoms with van der Waals surface area (Å²) in [4.78, 5) is 41.5. The Bertz CT molecular complexity index is 3910. The predicted molar refractivity (Wildman–Crippen MR) is 351 cm³/mol. The van der Waals surface area contributed by atoms with Crippen LogP contribution in [0.1, 0.15) is 45.6 Å². The van der Waals surface area contributed by atoms with Crippen molar-refractivity contribution in [1.29, 1.82) is 0 Å². The summed E-state index contributed by atoms with van der Waals surface area (Å²) in [6.45, 7) is 0. The van der Waals surface area contributed by atoms with Crippen LogP contribution in [0.25, 0.3) is 89.4 Å². The molecule has 0 saturated carbocycles. The minimum Gasteiger partial charge on any atom is -0.324 e. The lowest BCUT2D eigenvalue weighted by Crippen LogP contribution is -1.94. The van der Waals surface area contributed by atoms with Crippen LogP contribution in [0, 0.1) is 0 Å². The van der Waals surface area contributed by atoms with E-state index in [1.165, 1.54) is 0 Å². The number of rotatable bonds is 8. The first kappa shape index (κ1) is 53.2. The first-order chi connectivity index (χ1) is 38.9. The largest absolute Gasteiger partial charge is 0.324 e. The number of aromatic amines is 2. The van der Waals surface area contributed by atoms with Crippen LogP contribution in [0.2, 0.25) is 0 Å². The molecule has 5 heterocycles. The van der Waals surface area contributed by atoms with Crippen LogP contribution in [0.3, 0.4) is 0 Å². The molecule has 8 aromatic carbocycles. The van der Waals surface area contributed by atoms with Gasteiger partial charge in [0.15, 0.2) is 23.3 Å². The molecule has 8 bridgehead atoms. The maximum Gasteiger partial charge on any atom is 0.165 e. The maximum atomic E-state index is 5.71. The summed E-state index contributed by atoms with van der Waals surface area (Å²) >= 11 is 29.7. The molecule has 0 amide bonds. The number of nitrogens with one attached hydrogen (secondary N) is 2. The number of fused-ring (bicyclic) bond motifs is 8. The number of hydrogen-bond acceptors (Lipinski definition) is 6. The van der Waals surface area contributed by atoms with Crippen molar-refractivity contribution in [1.82, 2.24) is 39.9 Å². The average Bonchev–Trinajstić information content (AvgIpc) is 4.24. The van der Waals surface area contributed by atoms with Crippen LogP contribution in [0.15, 0.2) is 230 Å².